The van der Waals surface area contributed by atoms with Gasteiger partial charge >= 0.3 is 6.03 Å². The lowest BCUT2D eigenvalue weighted by Crippen LogP contribution is -2.54. The molecule has 0 spiro atoms. The van der Waals surface area contributed by atoms with Gasteiger partial charge in [-0.2, -0.15) is 0 Å². The van der Waals surface area contributed by atoms with Gasteiger partial charge < -0.3 is 20.3 Å². The molecule has 6 heteroatoms. The van der Waals surface area contributed by atoms with E-state index in [0.29, 0.717) is 13.2 Å². The largest absolute Gasteiger partial charge is 0.385 e. The van der Waals surface area contributed by atoms with Gasteiger partial charge in [-0.3, -0.25) is 4.79 Å². The van der Waals surface area contributed by atoms with Crippen molar-refractivity contribution in [2.45, 2.75) is 57.4 Å². The van der Waals surface area contributed by atoms with Gasteiger partial charge in [0.15, 0.2) is 0 Å². The molecule has 2 N–H and O–H groups in total. The van der Waals surface area contributed by atoms with Gasteiger partial charge in [-0.25, -0.2) is 4.79 Å². The average Bonchev–Trinajstić information content (AvgIpc) is 2.57. The molecular weight excluding hydrogens is 294 g/mol. The first-order chi connectivity index (χ1) is 11.2. The summed E-state index contributed by atoms with van der Waals surface area (Å²) in [6.07, 6.45) is 7.86. The maximum absolute atomic E-state index is 12.6. The fraction of sp³-hybridized carbons (Fsp3) is 0.882. The molecule has 3 amide bonds. The molecule has 1 saturated carbocycles. The Balaban J connectivity index is 2.02. The third-order valence-corrected chi connectivity index (χ3v) is 4.90. The monoisotopic (exact) mass is 325 g/mol. The van der Waals surface area contributed by atoms with E-state index in [-0.39, 0.29) is 23.9 Å². The van der Waals surface area contributed by atoms with Gasteiger partial charge in [0.05, 0.1) is 5.92 Å². The van der Waals surface area contributed by atoms with E-state index in [1.807, 2.05) is 4.90 Å². The van der Waals surface area contributed by atoms with E-state index in [1.165, 1.54) is 0 Å². The Morgan fingerprint density at radius 3 is 2.91 bits per heavy atom. The second kappa shape index (κ2) is 9.75. The summed E-state index contributed by atoms with van der Waals surface area (Å²) >= 11 is 0. The van der Waals surface area contributed by atoms with Gasteiger partial charge in [0.25, 0.3) is 0 Å². The number of carbonyl (C=O) groups is 2. The van der Waals surface area contributed by atoms with Crippen molar-refractivity contribution in [1.29, 1.82) is 0 Å². The van der Waals surface area contributed by atoms with Gasteiger partial charge in [-0.1, -0.05) is 12.8 Å². The van der Waals surface area contributed by atoms with E-state index in [2.05, 4.69) is 10.6 Å². The van der Waals surface area contributed by atoms with Crippen LogP contribution in [0.25, 0.3) is 0 Å². The topological polar surface area (TPSA) is 70.7 Å². The lowest BCUT2D eigenvalue weighted by atomic mass is 9.82. The van der Waals surface area contributed by atoms with Crippen LogP contribution in [-0.2, 0) is 9.53 Å². The average molecular weight is 325 g/mol. The van der Waals surface area contributed by atoms with E-state index in [9.17, 15) is 9.59 Å². The molecule has 0 unspecified atom stereocenters. The number of urea groups is 1. The molecule has 0 aromatic carbocycles. The molecule has 1 heterocycles. The molecule has 132 valence electrons. The van der Waals surface area contributed by atoms with Gasteiger partial charge in [0, 0.05) is 39.4 Å². The molecule has 0 aromatic heterocycles. The van der Waals surface area contributed by atoms with E-state index >= 15 is 0 Å². The van der Waals surface area contributed by atoms with Crippen LogP contribution in [0.1, 0.15) is 51.4 Å². The Morgan fingerprint density at radius 1 is 1.26 bits per heavy atom. The van der Waals surface area contributed by atoms with E-state index in [0.717, 1.165) is 64.5 Å². The molecule has 2 rings (SSSR count). The highest BCUT2D eigenvalue weighted by molar-refractivity contribution is 5.81. The SMILES string of the molecule is COCCCNC(=O)N1CCCCCNC(=O)[C@@H]2CCCC[C@@H]21. The maximum Gasteiger partial charge on any atom is 0.317 e. The van der Waals surface area contributed by atoms with Crippen LogP contribution in [0.15, 0.2) is 0 Å². The van der Waals surface area contributed by atoms with E-state index < -0.39 is 0 Å². The number of hydrogen-bond acceptors (Lipinski definition) is 3. The number of nitrogens with one attached hydrogen (secondary N) is 2. The second-order valence-electron chi connectivity index (χ2n) is 6.58. The molecule has 1 aliphatic heterocycles. The van der Waals surface area contributed by atoms with Crippen LogP contribution in [0.4, 0.5) is 4.79 Å². The molecule has 2 atom stereocenters. The zero-order valence-corrected chi connectivity index (χ0v) is 14.3. The summed E-state index contributed by atoms with van der Waals surface area (Å²) in [6, 6.07) is 0.0238. The minimum Gasteiger partial charge on any atom is -0.385 e. The fourth-order valence-electron chi connectivity index (χ4n) is 3.65. The van der Waals surface area contributed by atoms with Crippen LogP contribution in [0, 0.1) is 5.92 Å². The molecule has 0 radical (unpaired) electrons. The number of hydrogen-bond donors (Lipinski definition) is 2. The highest BCUT2D eigenvalue weighted by Gasteiger charge is 2.37. The Labute approximate surface area is 139 Å². The Morgan fingerprint density at radius 2 is 2.09 bits per heavy atom. The molecule has 23 heavy (non-hydrogen) atoms. The highest BCUT2D eigenvalue weighted by atomic mass is 16.5. The highest BCUT2D eigenvalue weighted by Crippen LogP contribution is 2.29. The number of amides is 3. The van der Waals surface area contributed by atoms with E-state index in [1.54, 1.807) is 7.11 Å². The molecule has 0 aromatic rings. The number of carbonyl (C=O) groups excluding carboxylic acids is 2. The van der Waals surface area contributed by atoms with Crippen molar-refractivity contribution in [2.24, 2.45) is 5.92 Å². The summed E-state index contributed by atoms with van der Waals surface area (Å²) in [5.74, 6) is 0.0837. The van der Waals surface area contributed by atoms with Crippen LogP contribution in [0.3, 0.4) is 0 Å². The summed E-state index contributed by atoms with van der Waals surface area (Å²) < 4.78 is 5.02. The summed E-state index contributed by atoms with van der Waals surface area (Å²) in [7, 11) is 1.66. The molecule has 2 aliphatic rings. The summed E-state index contributed by atoms with van der Waals surface area (Å²) in [5.41, 5.74) is 0. The molecule has 2 fully saturated rings. The minimum atomic E-state index is -0.0495. The van der Waals surface area contributed by atoms with Crippen LogP contribution < -0.4 is 10.6 Å². The zero-order chi connectivity index (χ0) is 16.5. The predicted octanol–water partition coefficient (Wildman–Crippen LogP) is 1.89. The normalized spacial score (nSPS) is 26.1. The number of fused-ring (bicyclic) bond motifs is 1. The number of methoxy groups -OCH3 is 1. The smallest absolute Gasteiger partial charge is 0.317 e. The van der Waals surface area contributed by atoms with Crippen LogP contribution >= 0.6 is 0 Å². The first kappa shape index (κ1) is 18.0. The van der Waals surface area contributed by atoms with Crippen LogP contribution in [0.5, 0.6) is 0 Å². The molecular formula is C17H31N3O3. The molecule has 1 aliphatic carbocycles. The lowest BCUT2D eigenvalue weighted by molar-refractivity contribution is -0.128. The van der Waals surface area contributed by atoms with Crippen molar-refractivity contribution in [3.63, 3.8) is 0 Å². The quantitative estimate of drug-likeness (QED) is 0.776. The number of rotatable bonds is 4. The van der Waals surface area contributed by atoms with Crippen molar-refractivity contribution in [1.82, 2.24) is 15.5 Å². The van der Waals surface area contributed by atoms with Crippen molar-refractivity contribution in [2.75, 3.05) is 33.4 Å². The van der Waals surface area contributed by atoms with Gasteiger partial charge in [0.2, 0.25) is 5.91 Å². The fourth-order valence-corrected chi connectivity index (χ4v) is 3.65. The number of nitrogens with zero attached hydrogens (tertiary/aromatic N) is 1. The van der Waals surface area contributed by atoms with Crippen molar-refractivity contribution < 1.29 is 14.3 Å². The summed E-state index contributed by atoms with van der Waals surface area (Å²) in [6.45, 7) is 2.79. The van der Waals surface area contributed by atoms with Crippen molar-refractivity contribution in [3.8, 4) is 0 Å². The predicted molar refractivity (Wildman–Crippen MR) is 89.2 cm³/mol. The van der Waals surface area contributed by atoms with Crippen molar-refractivity contribution in [3.05, 3.63) is 0 Å². The molecule has 1 saturated heterocycles. The second-order valence-corrected chi connectivity index (χ2v) is 6.58. The minimum absolute atomic E-state index is 0.0219. The van der Waals surface area contributed by atoms with Crippen LogP contribution in [-0.4, -0.2) is 56.2 Å². The zero-order valence-electron chi connectivity index (χ0n) is 14.3. The van der Waals surface area contributed by atoms with Gasteiger partial charge in [0.1, 0.15) is 0 Å². The van der Waals surface area contributed by atoms with E-state index in [4.69, 9.17) is 4.74 Å². The summed E-state index contributed by atoms with van der Waals surface area (Å²) in [4.78, 5) is 27.0. The third kappa shape index (κ3) is 5.37. The van der Waals surface area contributed by atoms with Crippen LogP contribution in [0.2, 0.25) is 0 Å². The third-order valence-electron chi connectivity index (χ3n) is 4.90. The Bertz CT molecular complexity index is 389. The lowest BCUT2D eigenvalue weighted by Gasteiger charge is -2.40. The summed E-state index contributed by atoms with van der Waals surface area (Å²) in [5, 5.41) is 6.05. The van der Waals surface area contributed by atoms with Gasteiger partial charge in [-0.05, 0) is 38.5 Å². The maximum atomic E-state index is 12.6. The molecule has 0 bridgehead atoms. The molecule has 6 nitrogen and oxygen atoms in total. The van der Waals surface area contributed by atoms with Crippen molar-refractivity contribution >= 4 is 11.9 Å². The Kier molecular flexibility index (Phi) is 7.65. The number of ether oxygens (including phenoxy) is 1. The first-order valence-corrected chi connectivity index (χ1v) is 9.05. The van der Waals surface area contributed by atoms with Gasteiger partial charge in [-0.15, -0.1) is 0 Å². The standard InChI is InChI=1S/C17H31N3O3/c1-23-13-7-11-19-17(22)20-12-6-2-5-10-18-16(21)14-8-3-4-9-15(14)20/h14-15H,2-13H2,1H3,(H,18,21)(H,19,22)/t14-,15+/m1/s1. The Hall–Kier alpha value is -1.30. The first-order valence-electron chi connectivity index (χ1n) is 9.05.